The molecule has 0 amide bonds. The maximum atomic E-state index is 12.4. The van der Waals surface area contributed by atoms with Gasteiger partial charge in [-0.05, 0) is 57.9 Å². The molecule has 2 aromatic rings. The van der Waals surface area contributed by atoms with E-state index in [4.69, 9.17) is 14.2 Å². The summed E-state index contributed by atoms with van der Waals surface area (Å²) in [6.45, 7) is 0. The third-order valence-corrected chi connectivity index (χ3v) is 3.89. The van der Waals surface area contributed by atoms with Crippen LogP contribution in [0.2, 0.25) is 0 Å². The van der Waals surface area contributed by atoms with Gasteiger partial charge >= 0.3 is 0 Å². The topological polar surface area (TPSA) is 44.8 Å². The predicted molar refractivity (Wildman–Crippen MR) is 93.6 cm³/mol. The van der Waals surface area contributed by atoms with Crippen molar-refractivity contribution in [1.29, 1.82) is 0 Å². The summed E-state index contributed by atoms with van der Waals surface area (Å²) < 4.78 is 16.4. The van der Waals surface area contributed by atoms with Crippen LogP contribution in [-0.2, 0) is 0 Å². The van der Waals surface area contributed by atoms with E-state index in [-0.39, 0.29) is 5.78 Å². The number of methoxy groups -OCH3 is 3. The van der Waals surface area contributed by atoms with Gasteiger partial charge in [-0.25, -0.2) is 0 Å². The summed E-state index contributed by atoms with van der Waals surface area (Å²) in [5.41, 5.74) is 1.34. The summed E-state index contributed by atoms with van der Waals surface area (Å²) in [6, 6.07) is 10.7. The summed E-state index contributed by atoms with van der Waals surface area (Å²) in [6.07, 6.45) is 3.25. The van der Waals surface area contributed by atoms with Crippen molar-refractivity contribution in [2.24, 2.45) is 0 Å². The molecule has 0 saturated carbocycles. The second kappa shape index (κ2) is 7.83. The Morgan fingerprint density at radius 2 is 1.65 bits per heavy atom. The number of benzene rings is 2. The van der Waals surface area contributed by atoms with E-state index in [0.717, 1.165) is 15.8 Å². The molecular formula is C18H17BrO4. The van der Waals surface area contributed by atoms with Gasteiger partial charge in [0.25, 0.3) is 0 Å². The Kier molecular flexibility index (Phi) is 5.82. The van der Waals surface area contributed by atoms with Crippen molar-refractivity contribution in [2.45, 2.75) is 0 Å². The lowest BCUT2D eigenvalue weighted by Gasteiger charge is -2.08. The van der Waals surface area contributed by atoms with Crippen molar-refractivity contribution in [1.82, 2.24) is 0 Å². The van der Waals surface area contributed by atoms with Crippen molar-refractivity contribution in [2.75, 3.05) is 21.3 Å². The molecule has 0 aliphatic carbocycles. The smallest absolute Gasteiger partial charge is 0.189 e. The van der Waals surface area contributed by atoms with Crippen molar-refractivity contribution in [3.05, 3.63) is 58.1 Å². The molecule has 5 heteroatoms. The van der Waals surface area contributed by atoms with Crippen LogP contribution < -0.4 is 14.2 Å². The Labute approximate surface area is 143 Å². The number of allylic oxidation sites excluding steroid dienone is 1. The monoisotopic (exact) mass is 376 g/mol. The van der Waals surface area contributed by atoms with E-state index < -0.39 is 0 Å². The first-order chi connectivity index (χ1) is 11.1. The number of carbonyl (C=O) groups is 1. The van der Waals surface area contributed by atoms with Crippen LogP contribution in [0, 0.1) is 0 Å². The van der Waals surface area contributed by atoms with Crippen LogP contribution in [0.1, 0.15) is 15.9 Å². The van der Waals surface area contributed by atoms with E-state index in [1.807, 2.05) is 18.2 Å². The van der Waals surface area contributed by atoms with Gasteiger partial charge in [-0.15, -0.1) is 0 Å². The zero-order chi connectivity index (χ0) is 16.8. The first-order valence-corrected chi connectivity index (χ1v) is 7.66. The number of carbonyl (C=O) groups excluding carboxylic acids is 1. The standard InChI is InChI=1S/C18H17BrO4/c1-21-13-6-9-17(22-2)14(11-13)16(20)7-4-12-5-8-18(23-3)15(19)10-12/h4-11H,1-3H3/b7-4+. The highest BCUT2D eigenvalue weighted by Gasteiger charge is 2.11. The Bertz CT molecular complexity index is 738. The molecule has 0 fully saturated rings. The van der Waals surface area contributed by atoms with Crippen molar-refractivity contribution >= 4 is 27.8 Å². The maximum Gasteiger partial charge on any atom is 0.189 e. The summed E-state index contributed by atoms with van der Waals surface area (Å²) in [5, 5.41) is 0. The Balaban J connectivity index is 2.26. The van der Waals surface area contributed by atoms with Crippen LogP contribution in [0.25, 0.3) is 6.08 Å². The highest BCUT2D eigenvalue weighted by molar-refractivity contribution is 9.10. The average molecular weight is 377 g/mol. The molecule has 2 aromatic carbocycles. The van der Waals surface area contributed by atoms with E-state index in [9.17, 15) is 4.79 Å². The molecule has 0 unspecified atom stereocenters. The molecule has 0 saturated heterocycles. The van der Waals surface area contributed by atoms with Gasteiger partial charge in [0.2, 0.25) is 0 Å². The van der Waals surface area contributed by atoms with Crippen LogP contribution in [0.5, 0.6) is 17.2 Å². The molecule has 120 valence electrons. The van der Waals surface area contributed by atoms with Crippen LogP contribution in [0.15, 0.2) is 46.9 Å². The highest BCUT2D eigenvalue weighted by Crippen LogP contribution is 2.27. The normalized spacial score (nSPS) is 10.6. The number of halogens is 1. The fourth-order valence-electron chi connectivity index (χ4n) is 2.05. The Hall–Kier alpha value is -2.27. The van der Waals surface area contributed by atoms with E-state index >= 15 is 0 Å². The number of hydrogen-bond donors (Lipinski definition) is 0. The molecule has 2 rings (SSSR count). The molecule has 0 aromatic heterocycles. The number of hydrogen-bond acceptors (Lipinski definition) is 4. The lowest BCUT2D eigenvalue weighted by Crippen LogP contribution is -1.99. The first-order valence-electron chi connectivity index (χ1n) is 6.87. The molecule has 0 aliphatic rings. The lowest BCUT2D eigenvalue weighted by molar-refractivity contribution is 0.104. The minimum absolute atomic E-state index is 0.160. The fraction of sp³-hybridized carbons (Fsp3) is 0.167. The number of ether oxygens (including phenoxy) is 3. The number of ketones is 1. The minimum Gasteiger partial charge on any atom is -0.497 e. The molecule has 0 radical (unpaired) electrons. The quantitative estimate of drug-likeness (QED) is 0.554. The molecule has 0 atom stereocenters. The lowest BCUT2D eigenvalue weighted by atomic mass is 10.1. The molecule has 0 heterocycles. The largest absolute Gasteiger partial charge is 0.497 e. The molecule has 0 bridgehead atoms. The first kappa shape index (κ1) is 17.1. The van der Waals surface area contributed by atoms with Gasteiger partial charge in [-0.3, -0.25) is 4.79 Å². The van der Waals surface area contributed by atoms with Gasteiger partial charge in [0.1, 0.15) is 17.2 Å². The van der Waals surface area contributed by atoms with Gasteiger partial charge in [0.05, 0.1) is 31.4 Å². The second-order valence-corrected chi connectivity index (χ2v) is 5.51. The zero-order valence-corrected chi connectivity index (χ0v) is 14.7. The summed E-state index contributed by atoms with van der Waals surface area (Å²) >= 11 is 3.42. The Morgan fingerprint density at radius 1 is 0.957 bits per heavy atom. The minimum atomic E-state index is -0.160. The van der Waals surface area contributed by atoms with E-state index in [1.165, 1.54) is 13.2 Å². The average Bonchev–Trinajstić information content (AvgIpc) is 2.59. The van der Waals surface area contributed by atoms with Crippen LogP contribution in [0.4, 0.5) is 0 Å². The fourth-order valence-corrected chi connectivity index (χ4v) is 2.61. The van der Waals surface area contributed by atoms with E-state index in [0.29, 0.717) is 17.1 Å². The summed E-state index contributed by atoms with van der Waals surface area (Å²) in [4.78, 5) is 12.4. The summed E-state index contributed by atoms with van der Waals surface area (Å²) in [7, 11) is 4.69. The van der Waals surface area contributed by atoms with Gasteiger partial charge in [0, 0.05) is 0 Å². The molecule has 0 spiro atoms. The van der Waals surface area contributed by atoms with Gasteiger partial charge in [0.15, 0.2) is 5.78 Å². The van der Waals surface area contributed by atoms with Crippen LogP contribution in [0.3, 0.4) is 0 Å². The molecule has 4 nitrogen and oxygen atoms in total. The van der Waals surface area contributed by atoms with Crippen molar-refractivity contribution in [3.8, 4) is 17.2 Å². The van der Waals surface area contributed by atoms with Crippen LogP contribution in [-0.4, -0.2) is 27.1 Å². The Morgan fingerprint density at radius 3 is 2.26 bits per heavy atom. The van der Waals surface area contributed by atoms with E-state index in [2.05, 4.69) is 15.9 Å². The summed E-state index contributed by atoms with van der Waals surface area (Å²) in [5.74, 6) is 1.70. The second-order valence-electron chi connectivity index (χ2n) is 4.66. The molecule has 0 aliphatic heterocycles. The molecular weight excluding hydrogens is 360 g/mol. The molecule has 0 N–H and O–H groups in total. The maximum absolute atomic E-state index is 12.4. The third-order valence-electron chi connectivity index (χ3n) is 3.28. The van der Waals surface area contributed by atoms with Gasteiger partial charge < -0.3 is 14.2 Å². The highest BCUT2D eigenvalue weighted by atomic mass is 79.9. The van der Waals surface area contributed by atoms with Gasteiger partial charge in [-0.1, -0.05) is 12.1 Å². The third kappa shape index (κ3) is 4.13. The van der Waals surface area contributed by atoms with Crippen molar-refractivity contribution < 1.29 is 19.0 Å². The van der Waals surface area contributed by atoms with Gasteiger partial charge in [-0.2, -0.15) is 0 Å². The van der Waals surface area contributed by atoms with E-state index in [1.54, 1.807) is 38.5 Å². The van der Waals surface area contributed by atoms with Crippen molar-refractivity contribution in [3.63, 3.8) is 0 Å². The zero-order valence-electron chi connectivity index (χ0n) is 13.1. The predicted octanol–water partition coefficient (Wildman–Crippen LogP) is 4.37. The SMILES string of the molecule is COc1ccc(OC)c(C(=O)/C=C/c2ccc(OC)c(Br)c2)c1. The van der Waals surface area contributed by atoms with Crippen LogP contribution >= 0.6 is 15.9 Å². The number of rotatable bonds is 6. The molecule has 23 heavy (non-hydrogen) atoms.